The lowest BCUT2D eigenvalue weighted by atomic mass is 10.2. The molecule has 1 amide bonds. The maximum atomic E-state index is 13.3. The van der Waals surface area contributed by atoms with E-state index in [9.17, 15) is 9.18 Å². The summed E-state index contributed by atoms with van der Waals surface area (Å²) >= 11 is 1.21. The van der Waals surface area contributed by atoms with Crippen LogP contribution in [0.5, 0.6) is 0 Å². The number of rotatable bonds is 6. The molecule has 3 rings (SSSR count). The molecule has 0 fully saturated rings. The lowest BCUT2D eigenvalue weighted by molar-refractivity contribution is -0.129. The SMILES string of the molecule is Cc1occc1-c1nnc(SC(C)C(=O)N(C)Cc2cccc(F)c2)n1N. The van der Waals surface area contributed by atoms with Gasteiger partial charge in [-0.05, 0) is 37.6 Å². The van der Waals surface area contributed by atoms with Gasteiger partial charge in [-0.1, -0.05) is 23.9 Å². The third kappa shape index (κ3) is 4.13. The minimum absolute atomic E-state index is 0.117. The number of hydrogen-bond donors (Lipinski definition) is 1. The molecule has 3 aromatic rings. The van der Waals surface area contributed by atoms with E-state index < -0.39 is 5.25 Å². The number of carbonyl (C=O) groups excluding carboxylic acids is 1. The Morgan fingerprint density at radius 3 is 2.85 bits per heavy atom. The quantitative estimate of drug-likeness (QED) is 0.515. The van der Waals surface area contributed by atoms with Gasteiger partial charge >= 0.3 is 0 Å². The predicted octanol–water partition coefficient (Wildman–Crippen LogP) is 2.84. The summed E-state index contributed by atoms with van der Waals surface area (Å²) in [5.74, 6) is 6.80. The summed E-state index contributed by atoms with van der Waals surface area (Å²) in [4.78, 5) is 14.2. The molecule has 0 aliphatic heterocycles. The van der Waals surface area contributed by atoms with Crippen LogP contribution in [0.25, 0.3) is 11.4 Å². The number of nitrogen functional groups attached to an aromatic ring is 1. The van der Waals surface area contributed by atoms with Gasteiger partial charge in [0.25, 0.3) is 0 Å². The number of aromatic nitrogens is 3. The number of thioether (sulfide) groups is 1. The van der Waals surface area contributed by atoms with Crippen LogP contribution in [0.3, 0.4) is 0 Å². The third-order valence-electron chi connectivity index (χ3n) is 4.08. The van der Waals surface area contributed by atoms with Crippen LogP contribution >= 0.6 is 11.8 Å². The van der Waals surface area contributed by atoms with Gasteiger partial charge in [-0.3, -0.25) is 4.79 Å². The van der Waals surface area contributed by atoms with E-state index >= 15 is 0 Å². The standard InChI is InChI=1S/C18H20FN5O2S/c1-11-15(7-8-26-11)16-21-22-18(24(16)20)27-12(2)17(25)23(3)10-13-5-4-6-14(19)9-13/h4-9,12H,10,20H2,1-3H3. The number of benzene rings is 1. The number of hydrogen-bond acceptors (Lipinski definition) is 6. The number of nitrogens with zero attached hydrogens (tertiary/aromatic N) is 4. The molecular weight excluding hydrogens is 369 g/mol. The van der Waals surface area contributed by atoms with Crippen molar-refractivity contribution in [2.24, 2.45) is 0 Å². The molecule has 1 unspecified atom stereocenters. The van der Waals surface area contributed by atoms with Gasteiger partial charge in [-0.25, -0.2) is 9.07 Å². The lowest BCUT2D eigenvalue weighted by Gasteiger charge is -2.21. The van der Waals surface area contributed by atoms with Crippen LogP contribution in [0.2, 0.25) is 0 Å². The number of furan rings is 1. The molecular formula is C18H20FN5O2S. The zero-order valence-electron chi connectivity index (χ0n) is 15.2. The van der Waals surface area contributed by atoms with Crippen LogP contribution in [0.1, 0.15) is 18.2 Å². The molecule has 0 radical (unpaired) electrons. The van der Waals surface area contributed by atoms with E-state index in [1.54, 1.807) is 43.3 Å². The highest BCUT2D eigenvalue weighted by atomic mass is 32.2. The Kier molecular flexibility index (Phi) is 5.50. The third-order valence-corrected chi connectivity index (χ3v) is 5.12. The summed E-state index contributed by atoms with van der Waals surface area (Å²) in [5, 5.41) is 8.16. The van der Waals surface area contributed by atoms with Crippen LogP contribution in [0, 0.1) is 12.7 Å². The van der Waals surface area contributed by atoms with E-state index in [0.29, 0.717) is 23.3 Å². The Hall–Kier alpha value is -2.81. The summed E-state index contributed by atoms with van der Waals surface area (Å²) in [5.41, 5.74) is 1.47. The highest BCUT2D eigenvalue weighted by Crippen LogP contribution is 2.27. The average Bonchev–Trinajstić information content (AvgIpc) is 3.20. The van der Waals surface area contributed by atoms with Crippen molar-refractivity contribution >= 4 is 17.7 Å². The summed E-state index contributed by atoms with van der Waals surface area (Å²) in [6, 6.07) is 7.95. The summed E-state index contributed by atoms with van der Waals surface area (Å²) in [6.45, 7) is 3.90. The first kappa shape index (κ1) is 19.0. The first-order chi connectivity index (χ1) is 12.9. The van der Waals surface area contributed by atoms with E-state index in [1.165, 1.54) is 28.6 Å². The van der Waals surface area contributed by atoms with Crippen molar-refractivity contribution in [3.63, 3.8) is 0 Å². The van der Waals surface area contributed by atoms with Gasteiger partial charge in [0.1, 0.15) is 11.6 Å². The molecule has 9 heteroatoms. The molecule has 0 saturated carbocycles. The number of carbonyl (C=O) groups is 1. The van der Waals surface area contributed by atoms with Gasteiger partial charge < -0.3 is 15.2 Å². The zero-order chi connectivity index (χ0) is 19.6. The van der Waals surface area contributed by atoms with Crippen LogP contribution < -0.4 is 5.84 Å². The minimum atomic E-state index is -0.437. The van der Waals surface area contributed by atoms with E-state index in [4.69, 9.17) is 10.3 Å². The summed E-state index contributed by atoms with van der Waals surface area (Å²) < 4.78 is 19.9. The molecule has 142 valence electrons. The highest BCUT2D eigenvalue weighted by Gasteiger charge is 2.23. The Balaban J connectivity index is 1.68. The second-order valence-electron chi connectivity index (χ2n) is 6.15. The molecule has 0 bridgehead atoms. The number of nitrogens with two attached hydrogens (primary N) is 1. The Bertz CT molecular complexity index is 955. The van der Waals surface area contributed by atoms with Crippen LogP contribution in [-0.2, 0) is 11.3 Å². The van der Waals surface area contributed by atoms with Crippen LogP contribution in [-0.4, -0.2) is 38.0 Å². The molecule has 2 aromatic heterocycles. The molecule has 0 spiro atoms. The number of amides is 1. The maximum Gasteiger partial charge on any atom is 0.235 e. The smallest absolute Gasteiger partial charge is 0.235 e. The van der Waals surface area contributed by atoms with E-state index in [-0.39, 0.29) is 11.7 Å². The Morgan fingerprint density at radius 2 is 2.19 bits per heavy atom. The van der Waals surface area contributed by atoms with Crippen molar-refractivity contribution < 1.29 is 13.6 Å². The lowest BCUT2D eigenvalue weighted by Crippen LogP contribution is -2.33. The molecule has 0 aliphatic carbocycles. The highest BCUT2D eigenvalue weighted by molar-refractivity contribution is 8.00. The number of aryl methyl sites for hydroxylation is 1. The van der Waals surface area contributed by atoms with Gasteiger partial charge in [0.05, 0.1) is 17.1 Å². The molecule has 1 atom stereocenters. The van der Waals surface area contributed by atoms with E-state index in [1.807, 2.05) is 6.92 Å². The maximum absolute atomic E-state index is 13.3. The zero-order valence-corrected chi connectivity index (χ0v) is 16.0. The fourth-order valence-corrected chi connectivity index (χ4v) is 3.55. The van der Waals surface area contributed by atoms with E-state index in [0.717, 1.165) is 11.1 Å². The van der Waals surface area contributed by atoms with Crippen molar-refractivity contribution in [3.05, 3.63) is 53.7 Å². The second-order valence-corrected chi connectivity index (χ2v) is 7.46. The first-order valence-electron chi connectivity index (χ1n) is 8.28. The largest absolute Gasteiger partial charge is 0.469 e. The fraction of sp³-hybridized carbons (Fsp3) is 0.278. The molecule has 1 aromatic carbocycles. The normalized spacial score (nSPS) is 12.1. The van der Waals surface area contributed by atoms with Crippen molar-refractivity contribution in [2.45, 2.75) is 30.8 Å². The van der Waals surface area contributed by atoms with Gasteiger partial charge in [-0.15, -0.1) is 10.2 Å². The number of halogens is 1. The second kappa shape index (κ2) is 7.83. The van der Waals surface area contributed by atoms with Crippen molar-refractivity contribution in [3.8, 4) is 11.4 Å². The van der Waals surface area contributed by atoms with Gasteiger partial charge in [0.15, 0.2) is 5.82 Å². The summed E-state index contributed by atoms with van der Waals surface area (Å²) in [7, 11) is 1.68. The fourth-order valence-electron chi connectivity index (χ4n) is 2.66. The van der Waals surface area contributed by atoms with Gasteiger partial charge in [0, 0.05) is 13.6 Å². The van der Waals surface area contributed by atoms with E-state index in [2.05, 4.69) is 10.2 Å². The Morgan fingerprint density at radius 1 is 1.41 bits per heavy atom. The van der Waals surface area contributed by atoms with Crippen molar-refractivity contribution in [2.75, 3.05) is 12.9 Å². The van der Waals surface area contributed by atoms with Crippen molar-refractivity contribution in [1.29, 1.82) is 0 Å². The Labute approximate surface area is 160 Å². The molecule has 2 heterocycles. The average molecular weight is 389 g/mol. The monoisotopic (exact) mass is 389 g/mol. The van der Waals surface area contributed by atoms with Crippen LogP contribution in [0.15, 0.2) is 46.2 Å². The molecule has 2 N–H and O–H groups in total. The topological polar surface area (TPSA) is 90.2 Å². The molecule has 0 saturated heterocycles. The van der Waals surface area contributed by atoms with Crippen LogP contribution in [0.4, 0.5) is 4.39 Å². The minimum Gasteiger partial charge on any atom is -0.469 e. The predicted molar refractivity (Wildman–Crippen MR) is 101 cm³/mol. The first-order valence-corrected chi connectivity index (χ1v) is 9.16. The molecule has 0 aliphatic rings. The molecule has 27 heavy (non-hydrogen) atoms. The van der Waals surface area contributed by atoms with Gasteiger partial charge in [-0.2, -0.15) is 0 Å². The summed E-state index contributed by atoms with van der Waals surface area (Å²) in [6.07, 6.45) is 1.56. The van der Waals surface area contributed by atoms with Gasteiger partial charge in [0.2, 0.25) is 11.1 Å². The van der Waals surface area contributed by atoms with Crippen molar-refractivity contribution in [1.82, 2.24) is 19.8 Å². The molecule has 7 nitrogen and oxygen atoms in total.